The highest BCUT2D eigenvalue weighted by atomic mass is 35.5. The number of halogens is 1. The molecule has 9 nitrogen and oxygen atoms in total. The number of ether oxygens (including phenoxy) is 1. The molecule has 10 heteroatoms. The molecule has 0 bridgehead atoms. The third-order valence-electron chi connectivity index (χ3n) is 6.48. The highest BCUT2D eigenvalue weighted by molar-refractivity contribution is 6.30. The number of hydrogen-bond acceptors (Lipinski definition) is 7. The molecule has 39 heavy (non-hydrogen) atoms. The number of carbonyl (C=O) groups is 3. The number of nitrogens with zero attached hydrogens (tertiary/aromatic N) is 4. The van der Waals surface area contributed by atoms with Crippen LogP contribution >= 0.6 is 11.6 Å². The number of fused-ring (bicyclic) bond motifs is 1. The summed E-state index contributed by atoms with van der Waals surface area (Å²) in [5.41, 5.74) is 3.10. The van der Waals surface area contributed by atoms with Gasteiger partial charge in [0.2, 0.25) is 5.88 Å². The molecule has 0 unspecified atom stereocenters. The summed E-state index contributed by atoms with van der Waals surface area (Å²) < 4.78 is 5.06. The van der Waals surface area contributed by atoms with Crippen LogP contribution in [0.3, 0.4) is 0 Å². The monoisotopic (exact) mass is 541 g/mol. The minimum Gasteiger partial charge on any atom is -0.481 e. The summed E-state index contributed by atoms with van der Waals surface area (Å²) in [6.07, 6.45) is 5.10. The number of rotatable bonds is 7. The van der Waals surface area contributed by atoms with E-state index in [9.17, 15) is 14.4 Å². The van der Waals surface area contributed by atoms with Crippen molar-refractivity contribution in [3.63, 3.8) is 0 Å². The zero-order valence-electron chi connectivity index (χ0n) is 21.0. The Labute approximate surface area is 229 Å². The number of pyridine rings is 1. The minimum atomic E-state index is -0.691. The lowest BCUT2D eigenvalue weighted by Crippen LogP contribution is -2.44. The summed E-state index contributed by atoms with van der Waals surface area (Å²) in [7, 11) is 1.48. The predicted molar refractivity (Wildman–Crippen MR) is 145 cm³/mol. The molecule has 2 aromatic heterocycles. The summed E-state index contributed by atoms with van der Waals surface area (Å²) >= 11 is 6.17. The van der Waals surface area contributed by atoms with Crippen molar-refractivity contribution >= 4 is 35.0 Å². The number of Topliss-reactive ketones (excluding diaryl/α,β-unsaturated/α-hetero) is 1. The first-order chi connectivity index (χ1) is 18.9. The van der Waals surface area contributed by atoms with Crippen molar-refractivity contribution in [3.8, 4) is 5.88 Å². The van der Waals surface area contributed by atoms with Crippen LogP contribution in [0, 0.1) is 0 Å². The fourth-order valence-corrected chi connectivity index (χ4v) is 4.70. The Morgan fingerprint density at radius 3 is 2.64 bits per heavy atom. The molecule has 1 atom stereocenters. The van der Waals surface area contributed by atoms with Gasteiger partial charge in [-0.2, -0.15) is 0 Å². The van der Waals surface area contributed by atoms with Crippen LogP contribution < -0.4 is 10.1 Å². The van der Waals surface area contributed by atoms with Gasteiger partial charge in [-0.25, -0.2) is 9.97 Å². The van der Waals surface area contributed by atoms with Crippen LogP contribution in [0.2, 0.25) is 5.02 Å². The van der Waals surface area contributed by atoms with Crippen LogP contribution in [0.25, 0.3) is 0 Å². The van der Waals surface area contributed by atoms with Gasteiger partial charge in [-0.15, -0.1) is 0 Å². The van der Waals surface area contributed by atoms with Crippen LogP contribution in [0.4, 0.5) is 5.82 Å². The van der Waals surface area contributed by atoms with Gasteiger partial charge in [0.1, 0.15) is 12.1 Å². The van der Waals surface area contributed by atoms with Crippen molar-refractivity contribution in [2.45, 2.75) is 25.4 Å². The van der Waals surface area contributed by atoms with Crippen LogP contribution in [0.15, 0.2) is 79.4 Å². The van der Waals surface area contributed by atoms with Gasteiger partial charge >= 0.3 is 0 Å². The molecule has 4 aromatic rings. The molecular weight excluding hydrogens is 518 g/mol. The molecule has 1 N–H and O–H groups in total. The van der Waals surface area contributed by atoms with Crippen molar-refractivity contribution in [3.05, 3.63) is 112 Å². The second-order valence-corrected chi connectivity index (χ2v) is 9.49. The smallest absolute Gasteiger partial charge is 0.256 e. The van der Waals surface area contributed by atoms with E-state index in [0.717, 1.165) is 11.1 Å². The Bertz CT molecular complexity index is 1530. The molecule has 0 fully saturated rings. The fourth-order valence-electron chi connectivity index (χ4n) is 4.51. The first kappa shape index (κ1) is 26.0. The minimum absolute atomic E-state index is 0.0792. The number of aromatic nitrogens is 3. The molecule has 0 radical (unpaired) electrons. The highest BCUT2D eigenvalue weighted by Gasteiger charge is 2.35. The summed E-state index contributed by atoms with van der Waals surface area (Å²) in [5.74, 6) is -0.0485. The molecule has 5 rings (SSSR count). The van der Waals surface area contributed by atoms with Crippen LogP contribution in [0.5, 0.6) is 5.88 Å². The zero-order valence-corrected chi connectivity index (χ0v) is 21.8. The highest BCUT2D eigenvalue weighted by Crippen LogP contribution is 2.27. The number of methoxy groups -OCH3 is 1. The zero-order chi connectivity index (χ0) is 27.4. The number of nitrogens with one attached hydrogen (secondary N) is 1. The number of ketones is 1. The summed E-state index contributed by atoms with van der Waals surface area (Å²) in [5, 5.41) is 3.18. The summed E-state index contributed by atoms with van der Waals surface area (Å²) in [6, 6.07) is 16.4. The van der Waals surface area contributed by atoms with Gasteiger partial charge in [0.05, 0.1) is 13.2 Å². The molecule has 0 saturated heterocycles. The van der Waals surface area contributed by atoms with Crippen molar-refractivity contribution in [1.29, 1.82) is 0 Å². The Morgan fingerprint density at radius 1 is 1.08 bits per heavy atom. The standard InChI is InChI=1S/C29H24ClN5O4/c1-39-27-14-26(32-17-33-27)34-28(37)20-6-4-18(5-7-20)16-35-24(11-19-3-2-10-31-15-19)25(36)13-21-12-22(30)8-9-23(21)29(35)38/h2-10,12,14-15,17,24H,11,13,16H2,1H3,(H,32,33,34,37)/t24-/m1/s1. The maximum Gasteiger partial charge on any atom is 0.256 e. The van der Waals surface area contributed by atoms with Crippen LogP contribution in [-0.2, 0) is 24.2 Å². The van der Waals surface area contributed by atoms with Gasteiger partial charge in [-0.05, 0) is 53.1 Å². The van der Waals surface area contributed by atoms with E-state index in [-0.39, 0.29) is 30.6 Å². The van der Waals surface area contributed by atoms with E-state index in [1.54, 1.807) is 65.8 Å². The van der Waals surface area contributed by atoms with Crippen LogP contribution in [0.1, 0.15) is 37.4 Å². The normalized spacial score (nSPS) is 14.9. The largest absolute Gasteiger partial charge is 0.481 e. The average Bonchev–Trinajstić information content (AvgIpc) is 3.03. The fraction of sp³-hybridized carbons (Fsp3) is 0.172. The molecule has 0 saturated carbocycles. The summed E-state index contributed by atoms with van der Waals surface area (Å²) in [6.45, 7) is 0.183. The lowest BCUT2D eigenvalue weighted by atomic mass is 9.98. The van der Waals surface area contributed by atoms with E-state index >= 15 is 0 Å². The van der Waals surface area contributed by atoms with Gasteiger partial charge in [-0.1, -0.05) is 29.8 Å². The summed E-state index contributed by atoms with van der Waals surface area (Å²) in [4.78, 5) is 53.7. The van der Waals surface area contributed by atoms with E-state index in [4.69, 9.17) is 16.3 Å². The molecule has 0 spiro atoms. The molecule has 1 aliphatic rings. The second kappa shape index (κ2) is 11.4. The molecule has 1 aliphatic heterocycles. The van der Waals surface area contributed by atoms with Gasteiger partial charge in [0, 0.05) is 54.0 Å². The number of anilines is 1. The third-order valence-corrected chi connectivity index (χ3v) is 6.72. The average molecular weight is 542 g/mol. The number of benzene rings is 2. The van der Waals surface area contributed by atoms with Crippen molar-refractivity contribution in [1.82, 2.24) is 19.9 Å². The van der Waals surface area contributed by atoms with Crippen LogP contribution in [-0.4, -0.2) is 50.6 Å². The molecule has 2 aromatic carbocycles. The Hall–Kier alpha value is -4.63. The SMILES string of the molecule is COc1cc(NC(=O)c2ccc(CN3C(=O)c4ccc(Cl)cc4CC(=O)[C@H]3Cc3cccnc3)cc2)ncn1. The lowest BCUT2D eigenvalue weighted by molar-refractivity contribution is -0.122. The number of amides is 2. The molecule has 3 heterocycles. The van der Waals surface area contributed by atoms with E-state index < -0.39 is 6.04 Å². The molecule has 196 valence electrons. The van der Waals surface area contributed by atoms with Crippen molar-refractivity contribution in [2.75, 3.05) is 12.4 Å². The van der Waals surface area contributed by atoms with Gasteiger partial charge in [0.15, 0.2) is 5.78 Å². The predicted octanol–water partition coefficient (Wildman–Crippen LogP) is 4.16. The molecule has 2 amide bonds. The first-order valence-corrected chi connectivity index (χ1v) is 12.6. The van der Waals surface area contributed by atoms with Gasteiger partial charge < -0.3 is 15.0 Å². The van der Waals surface area contributed by atoms with Gasteiger partial charge in [-0.3, -0.25) is 19.4 Å². The van der Waals surface area contributed by atoms with E-state index in [2.05, 4.69) is 20.3 Å². The van der Waals surface area contributed by atoms with Crippen molar-refractivity contribution in [2.24, 2.45) is 0 Å². The molecule has 0 aliphatic carbocycles. The number of hydrogen-bond donors (Lipinski definition) is 1. The van der Waals surface area contributed by atoms with Crippen molar-refractivity contribution < 1.29 is 19.1 Å². The lowest BCUT2D eigenvalue weighted by Gasteiger charge is -2.29. The number of carbonyl (C=O) groups excluding carboxylic acids is 3. The Kier molecular flexibility index (Phi) is 7.60. The van der Waals surface area contributed by atoms with E-state index in [1.807, 2.05) is 6.07 Å². The maximum atomic E-state index is 13.8. The topological polar surface area (TPSA) is 114 Å². The van der Waals surface area contributed by atoms with E-state index in [1.165, 1.54) is 19.5 Å². The Morgan fingerprint density at radius 2 is 1.90 bits per heavy atom. The van der Waals surface area contributed by atoms with Gasteiger partial charge in [0.25, 0.3) is 11.8 Å². The second-order valence-electron chi connectivity index (χ2n) is 9.06. The quantitative estimate of drug-likeness (QED) is 0.373. The molecular formula is C29H24ClN5O4. The Balaban J connectivity index is 1.40. The first-order valence-electron chi connectivity index (χ1n) is 12.2. The van der Waals surface area contributed by atoms with E-state index in [0.29, 0.717) is 39.8 Å². The third kappa shape index (κ3) is 5.94. The maximum absolute atomic E-state index is 13.8.